The molecule has 1 N–H and O–H groups in total. The summed E-state index contributed by atoms with van der Waals surface area (Å²) in [6.07, 6.45) is 4.93. The summed E-state index contributed by atoms with van der Waals surface area (Å²) in [5, 5.41) is 11.5. The van der Waals surface area contributed by atoms with E-state index in [2.05, 4.69) is 29.9 Å². The molecule has 0 bridgehead atoms. The van der Waals surface area contributed by atoms with Crippen LogP contribution in [-0.2, 0) is 17.9 Å². The molecule has 1 saturated carbocycles. The monoisotopic (exact) mass is 318 g/mol. The van der Waals surface area contributed by atoms with Gasteiger partial charge in [0.1, 0.15) is 11.6 Å². The topological polar surface area (TPSA) is 66.3 Å². The average molecular weight is 318 g/mol. The Morgan fingerprint density at radius 2 is 1.91 bits per heavy atom. The Balaban J connectivity index is 1.23. The largest absolute Gasteiger partial charge is 0.352 e. The van der Waals surface area contributed by atoms with E-state index in [1.807, 2.05) is 6.92 Å². The minimum absolute atomic E-state index is 0.152. The second-order valence-electron chi connectivity index (χ2n) is 7.13. The van der Waals surface area contributed by atoms with E-state index in [1.165, 1.54) is 12.8 Å². The number of fused-ring (bicyclic) bond motifs is 1. The first-order valence-electron chi connectivity index (χ1n) is 8.83. The normalized spacial score (nSPS) is 23.7. The lowest BCUT2D eigenvalue weighted by atomic mass is 10.0. The molecule has 1 amide bonds. The first kappa shape index (κ1) is 15.1. The molecule has 0 radical (unpaired) electrons. The molecule has 3 aliphatic rings. The standard InChI is InChI=1S/C16H26N6O/c1-12-18-19-15-10-20(8-9-22(12)15)11-16(23)17-13-4-6-21(7-5-13)14-2-3-14/h13-14H,2-11H2,1H3,(H,17,23). The zero-order valence-electron chi connectivity index (χ0n) is 13.9. The fourth-order valence-corrected chi connectivity index (χ4v) is 3.81. The van der Waals surface area contributed by atoms with Crippen LogP contribution >= 0.6 is 0 Å². The Kier molecular flexibility index (Phi) is 4.07. The third kappa shape index (κ3) is 3.40. The maximum Gasteiger partial charge on any atom is 0.234 e. The number of hydrogen-bond acceptors (Lipinski definition) is 5. The van der Waals surface area contributed by atoms with Gasteiger partial charge in [0.25, 0.3) is 0 Å². The first-order valence-corrected chi connectivity index (χ1v) is 8.83. The highest BCUT2D eigenvalue weighted by molar-refractivity contribution is 5.78. The minimum atomic E-state index is 0.152. The van der Waals surface area contributed by atoms with Crippen molar-refractivity contribution in [3.8, 4) is 0 Å². The van der Waals surface area contributed by atoms with Crippen molar-refractivity contribution in [1.29, 1.82) is 0 Å². The Bertz CT molecular complexity index is 573. The molecular formula is C16H26N6O. The van der Waals surface area contributed by atoms with Crippen molar-refractivity contribution >= 4 is 5.91 Å². The minimum Gasteiger partial charge on any atom is -0.352 e. The SMILES string of the molecule is Cc1nnc2n1CCN(CC(=O)NC1CCN(C3CC3)CC1)C2. The molecule has 7 heteroatoms. The summed E-state index contributed by atoms with van der Waals surface area (Å²) in [5.41, 5.74) is 0. The van der Waals surface area contributed by atoms with Crippen LogP contribution in [0.2, 0.25) is 0 Å². The lowest BCUT2D eigenvalue weighted by Gasteiger charge is -2.33. The quantitative estimate of drug-likeness (QED) is 0.856. The van der Waals surface area contributed by atoms with E-state index >= 15 is 0 Å². The molecule has 0 atom stereocenters. The molecule has 1 saturated heterocycles. The van der Waals surface area contributed by atoms with Gasteiger partial charge in [-0.3, -0.25) is 9.69 Å². The summed E-state index contributed by atoms with van der Waals surface area (Å²) < 4.78 is 2.14. The smallest absolute Gasteiger partial charge is 0.234 e. The van der Waals surface area contributed by atoms with E-state index in [0.29, 0.717) is 19.1 Å². The summed E-state index contributed by atoms with van der Waals surface area (Å²) in [4.78, 5) is 17.1. The molecule has 1 aliphatic carbocycles. The number of aromatic nitrogens is 3. The van der Waals surface area contributed by atoms with Crippen molar-refractivity contribution in [2.75, 3.05) is 26.2 Å². The number of nitrogens with one attached hydrogen (secondary N) is 1. The van der Waals surface area contributed by atoms with Crippen molar-refractivity contribution in [3.63, 3.8) is 0 Å². The molecule has 2 fully saturated rings. The van der Waals surface area contributed by atoms with Gasteiger partial charge in [-0.1, -0.05) is 0 Å². The summed E-state index contributed by atoms with van der Waals surface area (Å²) in [7, 11) is 0. The van der Waals surface area contributed by atoms with Crippen LogP contribution in [0.1, 0.15) is 37.3 Å². The number of hydrogen-bond donors (Lipinski definition) is 1. The van der Waals surface area contributed by atoms with Crippen LogP contribution in [-0.4, -0.2) is 68.7 Å². The number of carbonyl (C=O) groups excluding carboxylic acids is 1. The van der Waals surface area contributed by atoms with Crippen molar-refractivity contribution in [2.45, 2.75) is 57.8 Å². The summed E-state index contributed by atoms with van der Waals surface area (Å²) >= 11 is 0. The van der Waals surface area contributed by atoms with Crippen LogP contribution in [0, 0.1) is 6.92 Å². The molecule has 7 nitrogen and oxygen atoms in total. The number of carbonyl (C=O) groups is 1. The van der Waals surface area contributed by atoms with Crippen LogP contribution < -0.4 is 5.32 Å². The van der Waals surface area contributed by atoms with Crippen molar-refractivity contribution < 1.29 is 4.79 Å². The molecule has 0 spiro atoms. The Labute approximate surface area is 137 Å². The number of aryl methyl sites for hydroxylation is 1. The molecule has 0 unspecified atom stereocenters. The van der Waals surface area contributed by atoms with E-state index in [4.69, 9.17) is 0 Å². The van der Waals surface area contributed by atoms with Gasteiger partial charge >= 0.3 is 0 Å². The van der Waals surface area contributed by atoms with Gasteiger partial charge in [0.05, 0.1) is 13.1 Å². The Morgan fingerprint density at radius 1 is 1.13 bits per heavy atom. The molecule has 23 heavy (non-hydrogen) atoms. The van der Waals surface area contributed by atoms with Crippen molar-refractivity contribution in [2.24, 2.45) is 0 Å². The number of likely N-dealkylation sites (tertiary alicyclic amines) is 1. The Hall–Kier alpha value is -1.47. The van der Waals surface area contributed by atoms with Gasteiger partial charge in [-0.05, 0) is 32.6 Å². The van der Waals surface area contributed by atoms with E-state index in [-0.39, 0.29) is 5.91 Å². The van der Waals surface area contributed by atoms with Crippen LogP contribution in [0.5, 0.6) is 0 Å². The number of rotatable bonds is 4. The molecule has 1 aromatic heterocycles. The second-order valence-corrected chi connectivity index (χ2v) is 7.13. The summed E-state index contributed by atoms with van der Waals surface area (Å²) in [5.74, 6) is 2.09. The van der Waals surface area contributed by atoms with Gasteiger partial charge < -0.3 is 14.8 Å². The summed E-state index contributed by atoms with van der Waals surface area (Å²) in [6.45, 7) is 7.21. The van der Waals surface area contributed by atoms with Gasteiger partial charge in [-0.2, -0.15) is 0 Å². The molecule has 2 aliphatic heterocycles. The lowest BCUT2D eigenvalue weighted by molar-refractivity contribution is -0.123. The maximum absolute atomic E-state index is 12.3. The van der Waals surface area contributed by atoms with Crippen LogP contribution in [0.25, 0.3) is 0 Å². The number of nitrogens with zero attached hydrogens (tertiary/aromatic N) is 5. The van der Waals surface area contributed by atoms with Crippen LogP contribution in [0.15, 0.2) is 0 Å². The predicted octanol–water partition coefficient (Wildman–Crippen LogP) is 0.145. The van der Waals surface area contributed by atoms with Gasteiger partial charge in [0.2, 0.25) is 5.91 Å². The zero-order valence-corrected chi connectivity index (χ0v) is 13.9. The van der Waals surface area contributed by atoms with Crippen molar-refractivity contribution in [1.82, 2.24) is 29.9 Å². The fraction of sp³-hybridized carbons (Fsp3) is 0.812. The maximum atomic E-state index is 12.3. The van der Waals surface area contributed by atoms with Crippen molar-refractivity contribution in [3.05, 3.63) is 11.6 Å². The summed E-state index contributed by atoms with van der Waals surface area (Å²) in [6, 6.07) is 1.20. The van der Waals surface area contributed by atoms with E-state index in [1.54, 1.807) is 0 Å². The molecule has 126 valence electrons. The fourth-order valence-electron chi connectivity index (χ4n) is 3.81. The molecule has 3 heterocycles. The van der Waals surface area contributed by atoms with Gasteiger partial charge in [0, 0.05) is 38.3 Å². The number of piperidine rings is 1. The first-order chi connectivity index (χ1) is 11.2. The second kappa shape index (κ2) is 6.20. The van der Waals surface area contributed by atoms with E-state index in [0.717, 1.165) is 56.7 Å². The van der Waals surface area contributed by atoms with Crippen LogP contribution in [0.3, 0.4) is 0 Å². The highest BCUT2D eigenvalue weighted by Gasteiger charge is 2.32. The molecular weight excluding hydrogens is 292 g/mol. The highest BCUT2D eigenvalue weighted by Crippen LogP contribution is 2.29. The van der Waals surface area contributed by atoms with E-state index < -0.39 is 0 Å². The highest BCUT2D eigenvalue weighted by atomic mass is 16.2. The average Bonchev–Trinajstić information content (AvgIpc) is 3.33. The number of amides is 1. The lowest BCUT2D eigenvalue weighted by Crippen LogP contribution is -2.48. The van der Waals surface area contributed by atoms with Gasteiger partial charge in [-0.25, -0.2) is 0 Å². The van der Waals surface area contributed by atoms with Gasteiger partial charge in [0.15, 0.2) is 0 Å². The Morgan fingerprint density at radius 3 is 2.65 bits per heavy atom. The van der Waals surface area contributed by atoms with Crippen LogP contribution in [0.4, 0.5) is 0 Å². The molecule has 4 rings (SSSR count). The third-order valence-electron chi connectivity index (χ3n) is 5.34. The predicted molar refractivity (Wildman–Crippen MR) is 85.8 cm³/mol. The third-order valence-corrected chi connectivity index (χ3v) is 5.34. The zero-order chi connectivity index (χ0) is 15.8. The van der Waals surface area contributed by atoms with Gasteiger partial charge in [-0.15, -0.1) is 10.2 Å². The molecule has 1 aromatic rings. The van der Waals surface area contributed by atoms with E-state index in [9.17, 15) is 4.79 Å². The molecule has 0 aromatic carbocycles.